The molecule has 0 fully saturated rings. The Bertz CT molecular complexity index is 915. The molecule has 0 bridgehead atoms. The van der Waals surface area contributed by atoms with Crippen LogP contribution in [0.1, 0.15) is 17.5 Å². The normalized spacial score (nSPS) is 19.3. The Morgan fingerprint density at radius 2 is 1.75 bits per heavy atom. The summed E-state index contributed by atoms with van der Waals surface area (Å²) in [4.78, 5) is 24.2. The molecule has 28 heavy (non-hydrogen) atoms. The summed E-state index contributed by atoms with van der Waals surface area (Å²) in [5, 5.41) is 16.0. The van der Waals surface area contributed by atoms with Crippen molar-refractivity contribution in [2.75, 3.05) is 19.9 Å². The molecule has 1 unspecified atom stereocenters. The molecule has 146 valence electrons. The highest BCUT2D eigenvalue weighted by Crippen LogP contribution is 2.36. The highest BCUT2D eigenvalue weighted by Gasteiger charge is 2.36. The smallest absolute Gasteiger partial charge is 0.309 e. The third kappa shape index (κ3) is 3.59. The molecule has 0 saturated carbocycles. The predicted molar refractivity (Wildman–Crippen MR) is 97.9 cm³/mol. The number of fused-ring (bicyclic) bond motifs is 2. The van der Waals surface area contributed by atoms with Gasteiger partial charge in [-0.2, -0.15) is 0 Å². The van der Waals surface area contributed by atoms with Crippen molar-refractivity contribution in [1.82, 2.24) is 10.6 Å². The van der Waals surface area contributed by atoms with E-state index in [4.69, 9.17) is 14.2 Å². The third-order valence-electron chi connectivity index (χ3n) is 4.80. The largest absolute Gasteiger partial charge is 0.493 e. The summed E-state index contributed by atoms with van der Waals surface area (Å²) in [6, 6.07) is 12.4. The first kappa shape index (κ1) is 18.1. The van der Waals surface area contributed by atoms with Gasteiger partial charge in [0.05, 0.1) is 13.2 Å². The van der Waals surface area contributed by atoms with Crippen LogP contribution in [0.2, 0.25) is 0 Å². The summed E-state index contributed by atoms with van der Waals surface area (Å²) < 4.78 is 16.0. The average molecular weight is 384 g/mol. The van der Waals surface area contributed by atoms with Crippen molar-refractivity contribution in [2.24, 2.45) is 0 Å². The SMILES string of the molecule is O=C(NCc1ccc2c(c1)OCO2)C(=O)NCC1(O)CCOc2ccccc21. The van der Waals surface area contributed by atoms with Gasteiger partial charge in [0.25, 0.3) is 0 Å². The first-order chi connectivity index (χ1) is 13.5. The van der Waals surface area contributed by atoms with Crippen molar-refractivity contribution in [2.45, 2.75) is 18.6 Å². The lowest BCUT2D eigenvalue weighted by Crippen LogP contribution is -2.47. The summed E-state index contributed by atoms with van der Waals surface area (Å²) in [5.74, 6) is 0.256. The lowest BCUT2D eigenvalue weighted by Gasteiger charge is -2.34. The van der Waals surface area contributed by atoms with Gasteiger partial charge in [-0.15, -0.1) is 0 Å². The maximum atomic E-state index is 12.1. The maximum absolute atomic E-state index is 12.1. The van der Waals surface area contributed by atoms with Gasteiger partial charge in [-0.25, -0.2) is 0 Å². The van der Waals surface area contributed by atoms with E-state index < -0.39 is 17.4 Å². The van der Waals surface area contributed by atoms with Gasteiger partial charge in [0.15, 0.2) is 11.5 Å². The molecule has 0 spiro atoms. The Hall–Kier alpha value is -3.26. The number of aliphatic hydroxyl groups is 1. The Morgan fingerprint density at radius 3 is 2.64 bits per heavy atom. The molecule has 2 aliphatic heterocycles. The van der Waals surface area contributed by atoms with Crippen LogP contribution in [0.3, 0.4) is 0 Å². The van der Waals surface area contributed by atoms with Crippen LogP contribution in [0, 0.1) is 0 Å². The second-order valence-electron chi connectivity index (χ2n) is 6.68. The molecule has 2 aromatic rings. The number of para-hydroxylation sites is 1. The van der Waals surface area contributed by atoms with Crippen LogP contribution in [0.15, 0.2) is 42.5 Å². The zero-order valence-corrected chi connectivity index (χ0v) is 15.1. The van der Waals surface area contributed by atoms with Crippen LogP contribution in [-0.2, 0) is 21.7 Å². The third-order valence-corrected chi connectivity index (χ3v) is 4.80. The van der Waals surface area contributed by atoms with Crippen molar-refractivity contribution in [1.29, 1.82) is 0 Å². The minimum Gasteiger partial charge on any atom is -0.493 e. The summed E-state index contributed by atoms with van der Waals surface area (Å²) in [6.07, 6.45) is 0.323. The first-order valence-electron chi connectivity index (χ1n) is 8.94. The molecule has 4 rings (SSSR count). The minimum atomic E-state index is -1.28. The molecule has 2 aromatic carbocycles. The molecule has 8 nitrogen and oxygen atoms in total. The van der Waals surface area contributed by atoms with Gasteiger partial charge in [0, 0.05) is 18.5 Å². The van der Waals surface area contributed by atoms with Crippen molar-refractivity contribution in [3.05, 3.63) is 53.6 Å². The summed E-state index contributed by atoms with van der Waals surface area (Å²) in [6.45, 7) is 0.595. The van der Waals surface area contributed by atoms with Gasteiger partial charge < -0.3 is 30.0 Å². The molecule has 0 aliphatic carbocycles. The number of nitrogens with one attached hydrogen (secondary N) is 2. The predicted octanol–water partition coefficient (Wildman–Crippen LogP) is 0.818. The van der Waals surface area contributed by atoms with E-state index in [1.54, 1.807) is 36.4 Å². The Labute approximate surface area is 161 Å². The van der Waals surface area contributed by atoms with Gasteiger partial charge in [-0.1, -0.05) is 24.3 Å². The van der Waals surface area contributed by atoms with Crippen LogP contribution in [-0.4, -0.2) is 36.9 Å². The van der Waals surface area contributed by atoms with Gasteiger partial charge in [0.2, 0.25) is 6.79 Å². The fourth-order valence-corrected chi connectivity index (χ4v) is 3.25. The zero-order chi connectivity index (χ0) is 19.6. The van der Waals surface area contributed by atoms with Crippen LogP contribution in [0.25, 0.3) is 0 Å². The highest BCUT2D eigenvalue weighted by atomic mass is 16.7. The second-order valence-corrected chi connectivity index (χ2v) is 6.68. The number of carbonyl (C=O) groups excluding carboxylic acids is 2. The lowest BCUT2D eigenvalue weighted by atomic mass is 9.88. The number of hydrogen-bond acceptors (Lipinski definition) is 6. The molecule has 1 atom stereocenters. The molecule has 0 radical (unpaired) electrons. The maximum Gasteiger partial charge on any atom is 0.309 e. The van der Waals surface area contributed by atoms with Crippen molar-refractivity contribution in [3.8, 4) is 17.2 Å². The Morgan fingerprint density at radius 1 is 0.964 bits per heavy atom. The van der Waals surface area contributed by atoms with E-state index in [1.807, 2.05) is 6.07 Å². The quantitative estimate of drug-likeness (QED) is 0.674. The molecular weight excluding hydrogens is 364 g/mol. The summed E-state index contributed by atoms with van der Waals surface area (Å²) >= 11 is 0. The summed E-state index contributed by atoms with van der Waals surface area (Å²) in [5.41, 5.74) is 0.104. The molecule has 0 aromatic heterocycles. The van der Waals surface area contributed by atoms with E-state index >= 15 is 0 Å². The molecule has 3 N–H and O–H groups in total. The molecule has 2 aliphatic rings. The van der Waals surface area contributed by atoms with Gasteiger partial charge in [0.1, 0.15) is 11.4 Å². The van der Waals surface area contributed by atoms with Crippen molar-refractivity contribution in [3.63, 3.8) is 0 Å². The monoisotopic (exact) mass is 384 g/mol. The molecular formula is C20H20N2O6. The number of rotatable bonds is 4. The van der Waals surface area contributed by atoms with E-state index in [0.717, 1.165) is 5.56 Å². The van der Waals surface area contributed by atoms with Gasteiger partial charge >= 0.3 is 11.8 Å². The van der Waals surface area contributed by atoms with Crippen LogP contribution >= 0.6 is 0 Å². The van der Waals surface area contributed by atoms with Crippen LogP contribution in [0.5, 0.6) is 17.2 Å². The molecule has 2 heterocycles. The molecule has 0 saturated heterocycles. The van der Waals surface area contributed by atoms with E-state index in [1.165, 1.54) is 0 Å². The fraction of sp³-hybridized carbons (Fsp3) is 0.300. The minimum absolute atomic E-state index is 0.0797. The number of carbonyl (C=O) groups is 2. The summed E-state index contributed by atoms with van der Waals surface area (Å²) in [7, 11) is 0. The van der Waals surface area contributed by atoms with Crippen LogP contribution in [0.4, 0.5) is 0 Å². The molecule has 8 heteroatoms. The second kappa shape index (κ2) is 7.40. The fourth-order valence-electron chi connectivity index (χ4n) is 3.25. The van der Waals surface area contributed by atoms with E-state index in [2.05, 4.69) is 10.6 Å². The van der Waals surface area contributed by atoms with E-state index in [9.17, 15) is 14.7 Å². The number of ether oxygens (including phenoxy) is 3. The van der Waals surface area contributed by atoms with E-state index in [0.29, 0.717) is 35.8 Å². The standard InChI is InChI=1S/C20H20N2O6/c23-18(21-10-13-5-6-16-17(9-13)28-12-27-16)19(24)22-11-20(25)7-8-26-15-4-2-1-3-14(15)20/h1-6,9,25H,7-8,10-12H2,(H,21,23)(H,22,24). The first-order valence-corrected chi connectivity index (χ1v) is 8.94. The Balaban J connectivity index is 1.32. The number of amides is 2. The van der Waals surface area contributed by atoms with Crippen LogP contribution < -0.4 is 24.8 Å². The number of hydrogen-bond donors (Lipinski definition) is 3. The zero-order valence-electron chi connectivity index (χ0n) is 15.1. The topological polar surface area (TPSA) is 106 Å². The van der Waals surface area contributed by atoms with Gasteiger partial charge in [-0.05, 0) is 23.8 Å². The molecule has 2 amide bonds. The van der Waals surface area contributed by atoms with E-state index in [-0.39, 0.29) is 19.9 Å². The van der Waals surface area contributed by atoms with Crippen molar-refractivity contribution >= 4 is 11.8 Å². The highest BCUT2D eigenvalue weighted by molar-refractivity contribution is 6.35. The number of benzene rings is 2. The Kier molecular flexibility index (Phi) is 4.79. The average Bonchev–Trinajstić information content (AvgIpc) is 3.18. The van der Waals surface area contributed by atoms with Crippen molar-refractivity contribution < 1.29 is 28.9 Å². The van der Waals surface area contributed by atoms with Gasteiger partial charge in [-0.3, -0.25) is 9.59 Å². The lowest BCUT2D eigenvalue weighted by molar-refractivity contribution is -0.140.